The first-order chi connectivity index (χ1) is 16.0. The van der Waals surface area contributed by atoms with Crippen molar-refractivity contribution in [2.45, 2.75) is 115 Å². The molecule has 0 aliphatic carbocycles. The Hall–Kier alpha value is -0.650. The molecule has 3 nitrogen and oxygen atoms in total. The van der Waals surface area contributed by atoms with Crippen LogP contribution < -0.4 is 29.6 Å². The van der Waals surface area contributed by atoms with Crippen LogP contribution in [0.3, 0.4) is 0 Å². The van der Waals surface area contributed by atoms with Crippen LogP contribution in [-0.4, -0.2) is 13.0 Å². The molecule has 0 aliphatic rings. The van der Waals surface area contributed by atoms with Crippen LogP contribution in [0.15, 0.2) is 53.4 Å². The Morgan fingerprint density at radius 2 is 1.00 bits per heavy atom. The fourth-order valence-electron chi connectivity index (χ4n) is 4.59. The summed E-state index contributed by atoms with van der Waals surface area (Å²) in [6.07, 6.45) is 21.0. The quantitative estimate of drug-likeness (QED) is 0.152. The average molecular weight is 495 g/mol. The van der Waals surface area contributed by atoms with Crippen molar-refractivity contribution in [3.63, 3.8) is 0 Å². The molecule has 34 heavy (non-hydrogen) atoms. The summed E-state index contributed by atoms with van der Waals surface area (Å²) in [6.45, 7) is 2.27. The van der Waals surface area contributed by atoms with Gasteiger partial charge in [-0.05, 0) is 35.6 Å². The second-order valence-corrected chi connectivity index (χ2v) is 10.7. The van der Waals surface area contributed by atoms with E-state index in [0.717, 1.165) is 24.0 Å². The average Bonchev–Trinajstić information content (AvgIpc) is 2.81. The van der Waals surface area contributed by atoms with E-state index in [-0.39, 0.29) is 34.5 Å². The number of benzene rings is 2. The first kappa shape index (κ1) is 31.4. The predicted octanol–water partition coefficient (Wildman–Crippen LogP) is 5.68. The van der Waals surface area contributed by atoms with Crippen molar-refractivity contribution in [2.75, 3.05) is 0 Å². The molecule has 0 amide bonds. The van der Waals surface area contributed by atoms with E-state index in [1.54, 1.807) is 18.2 Å². The molecule has 0 heterocycles. The molecule has 0 N–H and O–H groups in total. The first-order valence-electron chi connectivity index (χ1n) is 13.2. The molecular weight excluding hydrogens is 451 g/mol. The number of rotatable bonds is 18. The largest absolute Gasteiger partial charge is 1.00 e. The smallest absolute Gasteiger partial charge is 0.744 e. The molecule has 0 atom stereocenters. The van der Waals surface area contributed by atoms with Gasteiger partial charge in [-0.1, -0.05) is 139 Å². The minimum absolute atomic E-state index is 0. The summed E-state index contributed by atoms with van der Waals surface area (Å²) in [6, 6.07) is 14.4. The van der Waals surface area contributed by atoms with Gasteiger partial charge in [0.1, 0.15) is 10.1 Å². The van der Waals surface area contributed by atoms with Gasteiger partial charge in [0.05, 0.1) is 4.90 Å². The zero-order valence-electron chi connectivity index (χ0n) is 21.6. The van der Waals surface area contributed by atoms with Gasteiger partial charge in [0.2, 0.25) is 0 Å². The predicted molar refractivity (Wildman–Crippen MR) is 138 cm³/mol. The van der Waals surface area contributed by atoms with E-state index in [2.05, 4.69) is 6.92 Å². The molecule has 2 aromatic carbocycles. The second-order valence-electron chi connectivity index (χ2n) is 9.31. The summed E-state index contributed by atoms with van der Waals surface area (Å²) in [5.41, 5.74) is 2.49. The molecular formula is C29H43NaO3S. The van der Waals surface area contributed by atoms with E-state index in [1.807, 2.05) is 24.3 Å². The monoisotopic (exact) mass is 494 g/mol. The zero-order valence-corrected chi connectivity index (χ0v) is 24.4. The fraction of sp³-hybridized carbons (Fsp3) is 0.586. The molecule has 2 aromatic rings. The van der Waals surface area contributed by atoms with Crippen LogP contribution in [-0.2, 0) is 16.5 Å². The Kier molecular flexibility index (Phi) is 17.2. The molecule has 0 aliphatic heterocycles. The summed E-state index contributed by atoms with van der Waals surface area (Å²) >= 11 is 0. The molecule has 0 spiro atoms. The van der Waals surface area contributed by atoms with Gasteiger partial charge in [-0.15, -0.1) is 0 Å². The number of hydrogen-bond donors (Lipinski definition) is 0. The van der Waals surface area contributed by atoms with Crippen LogP contribution in [0.2, 0.25) is 0 Å². The van der Waals surface area contributed by atoms with Crippen LogP contribution in [0.25, 0.3) is 11.1 Å². The van der Waals surface area contributed by atoms with E-state index in [9.17, 15) is 13.0 Å². The van der Waals surface area contributed by atoms with E-state index in [0.29, 0.717) is 5.56 Å². The molecule has 0 unspecified atom stereocenters. The van der Waals surface area contributed by atoms with Crippen LogP contribution >= 0.6 is 0 Å². The van der Waals surface area contributed by atoms with Crippen molar-refractivity contribution < 1.29 is 42.5 Å². The second kappa shape index (κ2) is 18.6. The summed E-state index contributed by atoms with van der Waals surface area (Å²) in [7, 11) is -4.50. The number of unbranched alkanes of at least 4 members (excludes halogenated alkanes) is 14. The van der Waals surface area contributed by atoms with Crippen LogP contribution in [0, 0.1) is 0 Å². The SMILES string of the molecule is CCCCCCCCCCCCCCCCCc1ccccc1-c1ccccc1S(=O)(=O)[O-].[Na+]. The zero-order chi connectivity index (χ0) is 23.8. The Bertz CT molecular complexity index is 896. The number of aryl methyl sites for hydroxylation is 1. The van der Waals surface area contributed by atoms with Gasteiger partial charge in [0.15, 0.2) is 0 Å². The molecule has 5 heteroatoms. The van der Waals surface area contributed by atoms with E-state index < -0.39 is 10.1 Å². The summed E-state index contributed by atoms with van der Waals surface area (Å²) in [4.78, 5) is -0.131. The molecule has 0 fully saturated rings. The molecule has 0 radical (unpaired) electrons. The molecule has 2 rings (SSSR count). The number of hydrogen-bond acceptors (Lipinski definition) is 3. The minimum atomic E-state index is -4.50. The van der Waals surface area contributed by atoms with Gasteiger partial charge in [-0.3, -0.25) is 0 Å². The maximum atomic E-state index is 11.7. The third-order valence-electron chi connectivity index (χ3n) is 6.51. The maximum Gasteiger partial charge on any atom is 1.00 e. The van der Waals surface area contributed by atoms with Gasteiger partial charge in [0.25, 0.3) is 0 Å². The Balaban J connectivity index is 0.00000578. The Labute approximate surface area is 231 Å². The van der Waals surface area contributed by atoms with Gasteiger partial charge in [-0.25, -0.2) is 8.42 Å². The molecule has 0 saturated carbocycles. The van der Waals surface area contributed by atoms with Crippen molar-refractivity contribution >= 4 is 10.1 Å². The molecule has 184 valence electrons. The standard InChI is InChI=1S/C29H44O3S.Na/c1-2-3-4-5-6-7-8-9-10-11-12-13-14-15-16-21-26-22-17-18-23-27(26)28-24-19-20-25-29(28)33(30,31)32;/h17-20,22-25H,2-16,21H2,1H3,(H,30,31,32);/q;+1/p-1. The Morgan fingerprint density at radius 1 is 0.588 bits per heavy atom. The van der Waals surface area contributed by atoms with Gasteiger partial charge in [0, 0.05) is 0 Å². The summed E-state index contributed by atoms with van der Waals surface area (Å²) in [5, 5.41) is 0. The van der Waals surface area contributed by atoms with Crippen LogP contribution in [0.1, 0.15) is 109 Å². The van der Waals surface area contributed by atoms with E-state index >= 15 is 0 Å². The van der Waals surface area contributed by atoms with Gasteiger partial charge in [-0.2, -0.15) is 0 Å². The summed E-state index contributed by atoms with van der Waals surface area (Å²) in [5.74, 6) is 0. The van der Waals surface area contributed by atoms with Crippen molar-refractivity contribution in [1.29, 1.82) is 0 Å². The maximum absolute atomic E-state index is 11.7. The normalized spacial score (nSPS) is 11.4. The molecule has 0 bridgehead atoms. The first-order valence-corrected chi connectivity index (χ1v) is 14.6. The third kappa shape index (κ3) is 12.4. The Morgan fingerprint density at radius 3 is 1.50 bits per heavy atom. The topological polar surface area (TPSA) is 57.2 Å². The van der Waals surface area contributed by atoms with Crippen molar-refractivity contribution in [3.8, 4) is 11.1 Å². The van der Waals surface area contributed by atoms with Crippen molar-refractivity contribution in [2.24, 2.45) is 0 Å². The fourth-order valence-corrected chi connectivity index (χ4v) is 5.29. The van der Waals surface area contributed by atoms with E-state index in [1.165, 1.54) is 96.0 Å². The summed E-state index contributed by atoms with van der Waals surface area (Å²) < 4.78 is 35.1. The third-order valence-corrected chi connectivity index (χ3v) is 7.41. The minimum Gasteiger partial charge on any atom is -0.744 e. The molecule has 0 saturated heterocycles. The van der Waals surface area contributed by atoms with Crippen LogP contribution in [0.5, 0.6) is 0 Å². The van der Waals surface area contributed by atoms with Gasteiger partial charge < -0.3 is 4.55 Å². The van der Waals surface area contributed by atoms with Crippen LogP contribution in [0.4, 0.5) is 0 Å². The van der Waals surface area contributed by atoms with Crippen molar-refractivity contribution in [3.05, 3.63) is 54.1 Å². The van der Waals surface area contributed by atoms with Crippen molar-refractivity contribution in [1.82, 2.24) is 0 Å². The molecule has 0 aromatic heterocycles. The van der Waals surface area contributed by atoms with Gasteiger partial charge >= 0.3 is 29.6 Å². The van der Waals surface area contributed by atoms with E-state index in [4.69, 9.17) is 0 Å².